The maximum Gasteiger partial charge on any atom is 0.244 e. The Hall–Kier alpha value is -1.85. The highest BCUT2D eigenvalue weighted by Gasteiger charge is 2.16. The Morgan fingerprint density at radius 3 is 2.75 bits per heavy atom. The third-order valence-electron chi connectivity index (χ3n) is 3.55. The fourth-order valence-corrected chi connectivity index (χ4v) is 2.94. The number of nitrogens with zero attached hydrogens (tertiary/aromatic N) is 2. The zero-order valence-corrected chi connectivity index (χ0v) is 12.5. The fraction of sp³-hybridized carbons (Fsp3) is 0.267. The lowest BCUT2D eigenvalue weighted by atomic mass is 10.1. The Balaban J connectivity index is 2.09. The molecular formula is C15H16N2O2S. The van der Waals surface area contributed by atoms with Crippen LogP contribution in [-0.4, -0.2) is 14.5 Å². The number of aliphatic hydroxyl groups is 1. The second-order valence-corrected chi connectivity index (χ2v) is 5.71. The molecule has 0 bridgehead atoms. The second-order valence-electron chi connectivity index (χ2n) is 4.83. The molecule has 0 saturated carbocycles. The van der Waals surface area contributed by atoms with Crippen LogP contribution in [0.5, 0.6) is 11.6 Å². The minimum atomic E-state index is -0.100. The van der Waals surface area contributed by atoms with E-state index < -0.39 is 0 Å². The van der Waals surface area contributed by atoms with E-state index in [0.29, 0.717) is 11.6 Å². The average molecular weight is 288 g/mol. The molecule has 3 aromatic rings. The molecule has 4 nitrogen and oxygen atoms in total. The third-order valence-corrected chi connectivity index (χ3v) is 4.30. The molecule has 0 aliphatic rings. The van der Waals surface area contributed by atoms with E-state index in [4.69, 9.17) is 4.74 Å². The van der Waals surface area contributed by atoms with Crippen molar-refractivity contribution in [1.29, 1.82) is 0 Å². The van der Waals surface area contributed by atoms with Gasteiger partial charge in [0.1, 0.15) is 11.4 Å². The van der Waals surface area contributed by atoms with Crippen molar-refractivity contribution in [3.05, 3.63) is 46.1 Å². The van der Waals surface area contributed by atoms with Crippen molar-refractivity contribution in [3.8, 4) is 11.6 Å². The minimum absolute atomic E-state index is 0.100. The fourth-order valence-electron chi connectivity index (χ4n) is 2.22. The van der Waals surface area contributed by atoms with Gasteiger partial charge in [0.05, 0.1) is 6.61 Å². The molecule has 0 amide bonds. The molecule has 0 fully saturated rings. The van der Waals surface area contributed by atoms with Gasteiger partial charge in [-0.3, -0.25) is 4.40 Å². The Bertz CT molecular complexity index is 774. The van der Waals surface area contributed by atoms with E-state index in [-0.39, 0.29) is 6.61 Å². The molecule has 2 heterocycles. The normalized spacial score (nSPS) is 11.2. The first-order valence-electron chi connectivity index (χ1n) is 6.41. The van der Waals surface area contributed by atoms with Crippen molar-refractivity contribution in [3.63, 3.8) is 0 Å². The summed E-state index contributed by atoms with van der Waals surface area (Å²) in [6.45, 7) is 6.00. The van der Waals surface area contributed by atoms with Gasteiger partial charge in [-0.25, -0.2) is 0 Å². The number of ether oxygens (including phenoxy) is 1. The summed E-state index contributed by atoms with van der Waals surface area (Å²) in [5.74, 6) is 1.31. The topological polar surface area (TPSA) is 46.8 Å². The monoisotopic (exact) mass is 288 g/mol. The van der Waals surface area contributed by atoms with E-state index in [9.17, 15) is 5.11 Å². The molecule has 104 valence electrons. The Morgan fingerprint density at radius 2 is 2.00 bits per heavy atom. The zero-order valence-electron chi connectivity index (χ0n) is 11.7. The summed E-state index contributed by atoms with van der Waals surface area (Å²) in [5.41, 5.74) is 4.03. The van der Waals surface area contributed by atoms with Gasteiger partial charge < -0.3 is 9.84 Å². The van der Waals surface area contributed by atoms with E-state index in [1.165, 1.54) is 16.9 Å². The van der Waals surface area contributed by atoms with Crippen molar-refractivity contribution >= 4 is 16.3 Å². The van der Waals surface area contributed by atoms with Crippen molar-refractivity contribution in [2.75, 3.05) is 0 Å². The zero-order chi connectivity index (χ0) is 14.3. The highest BCUT2D eigenvalue weighted by molar-refractivity contribution is 7.15. The predicted molar refractivity (Wildman–Crippen MR) is 79.7 cm³/mol. The molecule has 2 aromatic heterocycles. The van der Waals surface area contributed by atoms with E-state index in [0.717, 1.165) is 21.8 Å². The van der Waals surface area contributed by atoms with Crippen LogP contribution in [0.15, 0.2) is 23.7 Å². The summed E-state index contributed by atoms with van der Waals surface area (Å²) < 4.78 is 7.86. The van der Waals surface area contributed by atoms with E-state index in [1.807, 2.05) is 35.9 Å². The molecule has 0 radical (unpaired) electrons. The summed E-state index contributed by atoms with van der Waals surface area (Å²) in [7, 11) is 0. The molecule has 0 unspecified atom stereocenters. The quantitative estimate of drug-likeness (QED) is 0.801. The van der Waals surface area contributed by atoms with Gasteiger partial charge in [0.2, 0.25) is 5.88 Å². The number of hydrogen-bond donors (Lipinski definition) is 1. The van der Waals surface area contributed by atoms with Gasteiger partial charge in [-0.05, 0) is 37.5 Å². The summed E-state index contributed by atoms with van der Waals surface area (Å²) in [4.78, 5) is 5.28. The highest BCUT2D eigenvalue weighted by atomic mass is 32.1. The van der Waals surface area contributed by atoms with E-state index in [1.54, 1.807) is 0 Å². The highest BCUT2D eigenvalue weighted by Crippen LogP contribution is 2.33. The molecule has 1 aromatic carbocycles. The SMILES string of the molecule is Cc1ccc(C)c(Oc2nc3sccn3c2CO)c1C. The first-order valence-corrected chi connectivity index (χ1v) is 7.29. The largest absolute Gasteiger partial charge is 0.437 e. The van der Waals surface area contributed by atoms with Crippen LogP contribution in [0, 0.1) is 20.8 Å². The first kappa shape index (κ1) is 13.1. The number of rotatable bonds is 3. The third kappa shape index (κ3) is 1.99. The van der Waals surface area contributed by atoms with Gasteiger partial charge >= 0.3 is 0 Å². The number of aromatic nitrogens is 2. The van der Waals surface area contributed by atoms with Gasteiger partial charge in [0.25, 0.3) is 0 Å². The number of fused-ring (bicyclic) bond motifs is 1. The summed E-state index contributed by atoms with van der Waals surface area (Å²) in [6, 6.07) is 4.12. The van der Waals surface area contributed by atoms with Gasteiger partial charge in [-0.2, -0.15) is 4.98 Å². The van der Waals surface area contributed by atoms with Crippen LogP contribution in [0.4, 0.5) is 0 Å². The summed E-state index contributed by atoms with van der Waals surface area (Å²) in [6.07, 6.45) is 1.89. The van der Waals surface area contributed by atoms with Crippen LogP contribution in [0.3, 0.4) is 0 Å². The number of imidazole rings is 1. The summed E-state index contributed by atoms with van der Waals surface area (Å²) in [5, 5.41) is 11.5. The molecule has 20 heavy (non-hydrogen) atoms. The molecular weight excluding hydrogens is 272 g/mol. The number of thiazole rings is 1. The Kier molecular flexibility index (Phi) is 3.23. The van der Waals surface area contributed by atoms with Crippen molar-refractivity contribution in [2.45, 2.75) is 27.4 Å². The van der Waals surface area contributed by atoms with Crippen LogP contribution in [-0.2, 0) is 6.61 Å². The number of hydrogen-bond acceptors (Lipinski definition) is 4. The van der Waals surface area contributed by atoms with Crippen molar-refractivity contribution < 1.29 is 9.84 Å². The number of benzene rings is 1. The van der Waals surface area contributed by atoms with Gasteiger partial charge in [0, 0.05) is 11.6 Å². The van der Waals surface area contributed by atoms with E-state index in [2.05, 4.69) is 18.0 Å². The molecule has 0 aliphatic heterocycles. The number of aliphatic hydroxyl groups excluding tert-OH is 1. The smallest absolute Gasteiger partial charge is 0.244 e. The molecule has 0 spiro atoms. The first-order chi connectivity index (χ1) is 9.61. The van der Waals surface area contributed by atoms with Crippen molar-refractivity contribution in [1.82, 2.24) is 9.38 Å². The van der Waals surface area contributed by atoms with E-state index >= 15 is 0 Å². The lowest BCUT2D eigenvalue weighted by molar-refractivity contribution is 0.269. The number of aryl methyl sites for hydroxylation is 2. The second kappa shape index (κ2) is 4.92. The predicted octanol–water partition coefficient (Wildman–Crippen LogP) is 3.61. The van der Waals surface area contributed by atoms with Gasteiger partial charge in [-0.15, -0.1) is 11.3 Å². The maximum atomic E-state index is 9.56. The van der Waals surface area contributed by atoms with Gasteiger partial charge in [0.15, 0.2) is 4.96 Å². The Labute approximate surface area is 121 Å². The minimum Gasteiger partial charge on any atom is -0.437 e. The molecule has 0 saturated heterocycles. The van der Waals surface area contributed by atoms with Crippen LogP contribution in [0.1, 0.15) is 22.4 Å². The molecule has 0 atom stereocenters. The lowest BCUT2D eigenvalue weighted by Crippen LogP contribution is -1.97. The van der Waals surface area contributed by atoms with Crippen LogP contribution >= 0.6 is 11.3 Å². The Morgan fingerprint density at radius 1 is 1.25 bits per heavy atom. The van der Waals surface area contributed by atoms with Crippen LogP contribution in [0.25, 0.3) is 4.96 Å². The van der Waals surface area contributed by atoms with Crippen molar-refractivity contribution in [2.24, 2.45) is 0 Å². The average Bonchev–Trinajstić information content (AvgIpc) is 2.99. The van der Waals surface area contributed by atoms with Crippen LogP contribution in [0.2, 0.25) is 0 Å². The maximum absolute atomic E-state index is 9.56. The molecule has 5 heteroatoms. The summed E-state index contributed by atoms with van der Waals surface area (Å²) >= 11 is 1.52. The molecule has 0 aliphatic carbocycles. The lowest BCUT2D eigenvalue weighted by Gasteiger charge is -2.12. The van der Waals surface area contributed by atoms with Crippen LogP contribution < -0.4 is 4.74 Å². The molecule has 1 N–H and O–H groups in total. The van der Waals surface area contributed by atoms with Gasteiger partial charge in [-0.1, -0.05) is 12.1 Å². The molecule has 3 rings (SSSR count). The standard InChI is InChI=1S/C15H16N2O2S/c1-9-4-5-10(2)13(11(9)3)19-14-12(8-18)17-6-7-20-15(17)16-14/h4-7,18H,8H2,1-3H3.